The fourth-order valence-corrected chi connectivity index (χ4v) is 2.93. The lowest BCUT2D eigenvalue weighted by Gasteiger charge is -2.26. The standard InChI is InChI=1S/C15H22N6O/c1-3-6-21-8-5-17-13(21)10-20-7-4-12-11(9-20)14(19-18-12)15(22)16-2/h5,8H,3-4,6-7,9-10H2,1-2H3,(H,16,22)(H,18,19). The number of rotatable bonds is 5. The van der Waals surface area contributed by atoms with E-state index in [4.69, 9.17) is 0 Å². The largest absolute Gasteiger partial charge is 0.354 e. The van der Waals surface area contributed by atoms with Crippen LogP contribution >= 0.6 is 0 Å². The normalized spacial score (nSPS) is 14.8. The molecule has 0 bridgehead atoms. The number of imidazole rings is 1. The molecule has 0 saturated carbocycles. The van der Waals surface area contributed by atoms with Crippen molar-refractivity contribution in [2.75, 3.05) is 13.6 Å². The number of nitrogens with one attached hydrogen (secondary N) is 2. The second-order valence-electron chi connectivity index (χ2n) is 5.61. The van der Waals surface area contributed by atoms with Gasteiger partial charge in [0.2, 0.25) is 0 Å². The first-order chi connectivity index (χ1) is 10.7. The molecule has 0 spiro atoms. The van der Waals surface area contributed by atoms with Crippen molar-refractivity contribution in [3.63, 3.8) is 0 Å². The second kappa shape index (κ2) is 6.31. The Morgan fingerprint density at radius 3 is 3.14 bits per heavy atom. The molecule has 0 fully saturated rings. The Balaban J connectivity index is 1.75. The Kier molecular flexibility index (Phi) is 4.24. The minimum absolute atomic E-state index is 0.133. The Morgan fingerprint density at radius 2 is 2.36 bits per heavy atom. The van der Waals surface area contributed by atoms with E-state index in [1.54, 1.807) is 7.05 Å². The maximum absolute atomic E-state index is 11.9. The molecule has 0 aliphatic carbocycles. The third-order valence-electron chi connectivity index (χ3n) is 4.09. The van der Waals surface area contributed by atoms with Crippen LogP contribution < -0.4 is 5.32 Å². The van der Waals surface area contributed by atoms with E-state index in [1.165, 1.54) is 0 Å². The topological polar surface area (TPSA) is 78.8 Å². The number of H-pyrrole nitrogens is 1. The average molecular weight is 302 g/mol. The van der Waals surface area contributed by atoms with Gasteiger partial charge < -0.3 is 9.88 Å². The number of hydrogen-bond donors (Lipinski definition) is 2. The molecule has 22 heavy (non-hydrogen) atoms. The summed E-state index contributed by atoms with van der Waals surface area (Å²) in [4.78, 5) is 18.7. The molecule has 2 aromatic rings. The number of nitrogens with zero attached hydrogens (tertiary/aromatic N) is 4. The number of fused-ring (bicyclic) bond motifs is 1. The SMILES string of the molecule is CCCn1ccnc1CN1CCc2[nH]nc(C(=O)NC)c2C1. The molecule has 0 aromatic carbocycles. The van der Waals surface area contributed by atoms with Gasteiger partial charge in [0.25, 0.3) is 5.91 Å². The lowest BCUT2D eigenvalue weighted by Crippen LogP contribution is -2.32. The fraction of sp³-hybridized carbons (Fsp3) is 0.533. The predicted molar refractivity (Wildman–Crippen MR) is 82.3 cm³/mol. The summed E-state index contributed by atoms with van der Waals surface area (Å²) in [5.41, 5.74) is 2.60. The van der Waals surface area contributed by atoms with Crippen molar-refractivity contribution < 1.29 is 4.79 Å². The number of aromatic amines is 1. The van der Waals surface area contributed by atoms with Gasteiger partial charge >= 0.3 is 0 Å². The number of amides is 1. The van der Waals surface area contributed by atoms with Crippen molar-refractivity contribution in [2.24, 2.45) is 0 Å². The minimum atomic E-state index is -0.133. The van der Waals surface area contributed by atoms with E-state index in [-0.39, 0.29) is 5.91 Å². The molecule has 3 rings (SSSR count). The van der Waals surface area contributed by atoms with Crippen LogP contribution in [-0.4, -0.2) is 44.1 Å². The molecule has 118 valence electrons. The van der Waals surface area contributed by atoms with E-state index in [1.807, 2.05) is 12.4 Å². The smallest absolute Gasteiger partial charge is 0.271 e. The van der Waals surface area contributed by atoms with Gasteiger partial charge in [0.15, 0.2) is 5.69 Å². The van der Waals surface area contributed by atoms with E-state index in [2.05, 4.69) is 36.9 Å². The average Bonchev–Trinajstić information content (AvgIpc) is 3.14. The first-order valence-corrected chi connectivity index (χ1v) is 7.73. The number of carbonyl (C=O) groups is 1. The molecular formula is C15H22N6O. The molecule has 0 unspecified atom stereocenters. The molecule has 7 nitrogen and oxygen atoms in total. The summed E-state index contributed by atoms with van der Waals surface area (Å²) in [7, 11) is 1.63. The zero-order valence-corrected chi connectivity index (χ0v) is 13.1. The van der Waals surface area contributed by atoms with Gasteiger partial charge in [0.05, 0.1) is 6.54 Å². The molecule has 0 atom stereocenters. The molecular weight excluding hydrogens is 280 g/mol. The Labute approximate surface area is 129 Å². The van der Waals surface area contributed by atoms with E-state index in [0.717, 1.165) is 56.1 Å². The lowest BCUT2D eigenvalue weighted by atomic mass is 10.0. The molecule has 3 heterocycles. The van der Waals surface area contributed by atoms with Crippen LogP contribution in [-0.2, 0) is 26.1 Å². The van der Waals surface area contributed by atoms with Gasteiger partial charge in [-0.25, -0.2) is 4.98 Å². The summed E-state index contributed by atoms with van der Waals surface area (Å²) in [6.07, 6.45) is 5.86. The van der Waals surface area contributed by atoms with Crippen LogP contribution in [0.2, 0.25) is 0 Å². The van der Waals surface area contributed by atoms with Crippen molar-refractivity contribution in [2.45, 2.75) is 39.4 Å². The first kappa shape index (κ1) is 14.8. The van der Waals surface area contributed by atoms with Crippen LogP contribution in [0.3, 0.4) is 0 Å². The van der Waals surface area contributed by atoms with Crippen LogP contribution in [0, 0.1) is 0 Å². The Hall–Kier alpha value is -2.15. The fourth-order valence-electron chi connectivity index (χ4n) is 2.93. The van der Waals surface area contributed by atoms with E-state index < -0.39 is 0 Å². The van der Waals surface area contributed by atoms with Crippen molar-refractivity contribution in [1.82, 2.24) is 30.0 Å². The summed E-state index contributed by atoms with van der Waals surface area (Å²) in [5, 5.41) is 9.80. The lowest BCUT2D eigenvalue weighted by molar-refractivity contribution is 0.0955. The quantitative estimate of drug-likeness (QED) is 0.861. The molecule has 2 aromatic heterocycles. The highest BCUT2D eigenvalue weighted by atomic mass is 16.1. The Morgan fingerprint density at radius 1 is 1.50 bits per heavy atom. The maximum atomic E-state index is 11.9. The highest BCUT2D eigenvalue weighted by molar-refractivity contribution is 5.93. The summed E-state index contributed by atoms with van der Waals surface area (Å²) < 4.78 is 2.20. The maximum Gasteiger partial charge on any atom is 0.271 e. The van der Waals surface area contributed by atoms with E-state index in [0.29, 0.717) is 5.69 Å². The van der Waals surface area contributed by atoms with Gasteiger partial charge in [-0.15, -0.1) is 0 Å². The highest BCUT2D eigenvalue weighted by Crippen LogP contribution is 2.21. The first-order valence-electron chi connectivity index (χ1n) is 7.73. The Bertz CT molecular complexity index is 659. The van der Waals surface area contributed by atoms with Gasteiger partial charge in [-0.1, -0.05) is 6.92 Å². The van der Waals surface area contributed by atoms with Crippen LogP contribution in [0.4, 0.5) is 0 Å². The monoisotopic (exact) mass is 302 g/mol. The van der Waals surface area contributed by atoms with Gasteiger partial charge in [-0.2, -0.15) is 5.10 Å². The van der Waals surface area contributed by atoms with Gasteiger partial charge in [0, 0.05) is 56.8 Å². The van der Waals surface area contributed by atoms with Crippen LogP contribution in [0.5, 0.6) is 0 Å². The molecule has 1 aliphatic rings. The van der Waals surface area contributed by atoms with Gasteiger partial charge in [-0.05, 0) is 6.42 Å². The number of aromatic nitrogens is 4. The number of aryl methyl sites for hydroxylation is 1. The summed E-state index contributed by atoms with van der Waals surface area (Å²) in [6, 6.07) is 0. The highest BCUT2D eigenvalue weighted by Gasteiger charge is 2.25. The predicted octanol–water partition coefficient (Wildman–Crippen LogP) is 0.934. The summed E-state index contributed by atoms with van der Waals surface area (Å²) in [5.74, 6) is 0.946. The molecule has 1 aliphatic heterocycles. The molecule has 7 heteroatoms. The van der Waals surface area contributed by atoms with E-state index >= 15 is 0 Å². The third kappa shape index (κ3) is 2.76. The molecule has 1 amide bonds. The molecule has 2 N–H and O–H groups in total. The van der Waals surface area contributed by atoms with Crippen molar-refractivity contribution in [3.05, 3.63) is 35.2 Å². The van der Waals surface area contributed by atoms with Gasteiger partial charge in [-0.3, -0.25) is 14.8 Å². The molecule has 0 radical (unpaired) electrons. The van der Waals surface area contributed by atoms with E-state index in [9.17, 15) is 4.79 Å². The zero-order valence-electron chi connectivity index (χ0n) is 13.1. The van der Waals surface area contributed by atoms with Crippen LogP contribution in [0.25, 0.3) is 0 Å². The summed E-state index contributed by atoms with van der Waals surface area (Å²) >= 11 is 0. The van der Waals surface area contributed by atoms with Crippen molar-refractivity contribution in [1.29, 1.82) is 0 Å². The third-order valence-corrected chi connectivity index (χ3v) is 4.09. The zero-order chi connectivity index (χ0) is 15.5. The molecule has 0 saturated heterocycles. The van der Waals surface area contributed by atoms with Crippen molar-refractivity contribution >= 4 is 5.91 Å². The van der Waals surface area contributed by atoms with Crippen LogP contribution in [0.15, 0.2) is 12.4 Å². The van der Waals surface area contributed by atoms with Crippen LogP contribution in [0.1, 0.15) is 40.9 Å². The number of carbonyl (C=O) groups excluding carboxylic acids is 1. The van der Waals surface area contributed by atoms with Crippen molar-refractivity contribution in [3.8, 4) is 0 Å². The minimum Gasteiger partial charge on any atom is -0.354 e. The second-order valence-corrected chi connectivity index (χ2v) is 5.61. The summed E-state index contributed by atoms with van der Waals surface area (Å²) in [6.45, 7) is 5.63. The van der Waals surface area contributed by atoms with Gasteiger partial charge in [0.1, 0.15) is 5.82 Å². The number of hydrogen-bond acceptors (Lipinski definition) is 4.